The number of aryl methyl sites for hydroxylation is 1. The molecule has 0 saturated carbocycles. The van der Waals surface area contributed by atoms with E-state index in [2.05, 4.69) is 6.58 Å². The van der Waals surface area contributed by atoms with Crippen molar-refractivity contribution in [1.29, 1.82) is 0 Å². The monoisotopic (exact) mass is 223 g/mol. The lowest BCUT2D eigenvalue weighted by Crippen LogP contribution is -2.19. The molecule has 0 saturated heterocycles. The number of aliphatic hydroxyl groups is 1. The highest BCUT2D eigenvalue weighted by Gasteiger charge is 2.14. The second kappa shape index (κ2) is 5.12. The second-order valence-corrected chi connectivity index (χ2v) is 4.01. The van der Waals surface area contributed by atoms with E-state index in [4.69, 9.17) is 0 Å². The summed E-state index contributed by atoms with van der Waals surface area (Å²) in [6.07, 6.45) is 1.09. The van der Waals surface area contributed by atoms with Gasteiger partial charge in [0.05, 0.1) is 6.10 Å². The van der Waals surface area contributed by atoms with E-state index in [1.165, 1.54) is 6.07 Å². The SMILES string of the molecule is C=CCN(C)c1cc(C)c(F)cc1[C@H](C)O. The number of anilines is 1. The molecule has 0 aromatic heterocycles. The average Bonchev–Trinajstić information content (AvgIpc) is 2.21. The van der Waals surface area contributed by atoms with Gasteiger partial charge in [0.2, 0.25) is 0 Å². The summed E-state index contributed by atoms with van der Waals surface area (Å²) in [5.74, 6) is -0.286. The molecule has 1 rings (SSSR count). The molecule has 0 amide bonds. The molecule has 1 aromatic rings. The first-order valence-corrected chi connectivity index (χ1v) is 5.27. The predicted octanol–water partition coefficient (Wildman–Crippen LogP) is 2.81. The third-order valence-corrected chi connectivity index (χ3v) is 2.57. The van der Waals surface area contributed by atoms with Gasteiger partial charge in [0.25, 0.3) is 0 Å². The lowest BCUT2D eigenvalue weighted by molar-refractivity contribution is 0.199. The van der Waals surface area contributed by atoms with Crippen LogP contribution in [-0.4, -0.2) is 18.7 Å². The van der Waals surface area contributed by atoms with Crippen molar-refractivity contribution in [2.45, 2.75) is 20.0 Å². The maximum atomic E-state index is 13.4. The second-order valence-electron chi connectivity index (χ2n) is 4.01. The summed E-state index contributed by atoms with van der Waals surface area (Å²) in [6.45, 7) is 7.67. The Hall–Kier alpha value is -1.35. The molecule has 0 unspecified atom stereocenters. The summed E-state index contributed by atoms with van der Waals surface area (Å²) in [6, 6.07) is 3.15. The standard InChI is InChI=1S/C13H18FNO/c1-5-6-15(4)13-7-9(2)12(14)8-11(13)10(3)16/h5,7-8,10,16H,1,6H2,2-4H3/t10-/m0/s1. The number of rotatable bonds is 4. The molecular weight excluding hydrogens is 205 g/mol. The number of likely N-dealkylation sites (N-methyl/N-ethyl adjacent to an activating group) is 1. The van der Waals surface area contributed by atoms with E-state index >= 15 is 0 Å². The zero-order chi connectivity index (χ0) is 12.3. The Labute approximate surface area is 96.0 Å². The van der Waals surface area contributed by atoms with Crippen LogP contribution in [0, 0.1) is 12.7 Å². The maximum Gasteiger partial charge on any atom is 0.126 e. The molecule has 0 bridgehead atoms. The Morgan fingerprint density at radius 2 is 2.19 bits per heavy atom. The molecule has 3 heteroatoms. The zero-order valence-corrected chi connectivity index (χ0v) is 10.00. The fourth-order valence-corrected chi connectivity index (χ4v) is 1.64. The largest absolute Gasteiger partial charge is 0.389 e. The van der Waals surface area contributed by atoms with Crippen LogP contribution in [0.2, 0.25) is 0 Å². The molecule has 2 nitrogen and oxygen atoms in total. The van der Waals surface area contributed by atoms with Gasteiger partial charge in [0.1, 0.15) is 5.82 Å². The summed E-state index contributed by atoms with van der Waals surface area (Å²) in [5.41, 5.74) is 2.02. The van der Waals surface area contributed by atoms with Crippen LogP contribution in [-0.2, 0) is 0 Å². The summed E-state index contributed by atoms with van der Waals surface area (Å²) in [7, 11) is 1.89. The van der Waals surface area contributed by atoms with E-state index in [9.17, 15) is 9.50 Å². The summed E-state index contributed by atoms with van der Waals surface area (Å²) >= 11 is 0. The van der Waals surface area contributed by atoms with Crippen LogP contribution in [0.25, 0.3) is 0 Å². The minimum absolute atomic E-state index is 0.286. The van der Waals surface area contributed by atoms with Crippen molar-refractivity contribution < 1.29 is 9.50 Å². The molecule has 1 aromatic carbocycles. The normalized spacial score (nSPS) is 12.3. The van der Waals surface area contributed by atoms with Crippen molar-refractivity contribution in [2.24, 2.45) is 0 Å². The van der Waals surface area contributed by atoms with Gasteiger partial charge in [-0.2, -0.15) is 0 Å². The quantitative estimate of drug-likeness (QED) is 0.793. The van der Waals surface area contributed by atoms with Crippen molar-refractivity contribution in [3.05, 3.63) is 41.7 Å². The number of aliphatic hydroxyl groups excluding tert-OH is 1. The minimum atomic E-state index is -0.683. The maximum absolute atomic E-state index is 13.4. The molecule has 16 heavy (non-hydrogen) atoms. The molecule has 0 aliphatic heterocycles. The van der Waals surface area contributed by atoms with Gasteiger partial charge in [-0.15, -0.1) is 6.58 Å². The van der Waals surface area contributed by atoms with Crippen LogP contribution >= 0.6 is 0 Å². The fourth-order valence-electron chi connectivity index (χ4n) is 1.64. The fraction of sp³-hybridized carbons (Fsp3) is 0.385. The lowest BCUT2D eigenvalue weighted by Gasteiger charge is -2.23. The topological polar surface area (TPSA) is 23.5 Å². The highest BCUT2D eigenvalue weighted by molar-refractivity contribution is 5.56. The number of benzene rings is 1. The predicted molar refractivity (Wildman–Crippen MR) is 65.2 cm³/mol. The molecule has 0 radical (unpaired) electrons. The van der Waals surface area contributed by atoms with E-state index in [1.807, 2.05) is 11.9 Å². The molecule has 1 N–H and O–H groups in total. The van der Waals surface area contributed by atoms with Gasteiger partial charge < -0.3 is 10.0 Å². The lowest BCUT2D eigenvalue weighted by atomic mass is 10.0. The first-order valence-electron chi connectivity index (χ1n) is 5.27. The van der Waals surface area contributed by atoms with Gasteiger partial charge in [-0.05, 0) is 31.5 Å². The van der Waals surface area contributed by atoms with Crippen molar-refractivity contribution in [3.8, 4) is 0 Å². The smallest absolute Gasteiger partial charge is 0.126 e. The molecule has 0 aliphatic carbocycles. The van der Waals surface area contributed by atoms with Gasteiger partial charge in [0.15, 0.2) is 0 Å². The Kier molecular flexibility index (Phi) is 4.07. The molecule has 0 spiro atoms. The van der Waals surface area contributed by atoms with Crippen molar-refractivity contribution in [2.75, 3.05) is 18.5 Å². The third-order valence-electron chi connectivity index (χ3n) is 2.57. The number of nitrogens with zero attached hydrogens (tertiary/aromatic N) is 1. The van der Waals surface area contributed by atoms with Crippen molar-refractivity contribution in [3.63, 3.8) is 0 Å². The highest BCUT2D eigenvalue weighted by atomic mass is 19.1. The molecule has 1 atom stereocenters. The zero-order valence-electron chi connectivity index (χ0n) is 10.00. The van der Waals surface area contributed by atoms with Gasteiger partial charge in [-0.25, -0.2) is 4.39 Å². The highest BCUT2D eigenvalue weighted by Crippen LogP contribution is 2.28. The average molecular weight is 223 g/mol. The van der Waals surface area contributed by atoms with Gasteiger partial charge in [-0.1, -0.05) is 6.08 Å². The summed E-state index contributed by atoms with van der Waals surface area (Å²) in [5, 5.41) is 9.62. The molecular formula is C13H18FNO. The van der Waals surface area contributed by atoms with Gasteiger partial charge >= 0.3 is 0 Å². The van der Waals surface area contributed by atoms with Crippen molar-refractivity contribution in [1.82, 2.24) is 0 Å². The molecule has 0 heterocycles. The molecule has 0 aliphatic rings. The Morgan fingerprint density at radius 1 is 1.56 bits per heavy atom. The summed E-state index contributed by atoms with van der Waals surface area (Å²) in [4.78, 5) is 1.93. The van der Waals surface area contributed by atoms with E-state index in [-0.39, 0.29) is 5.82 Å². The van der Waals surface area contributed by atoms with Crippen LogP contribution in [0.4, 0.5) is 10.1 Å². The number of hydrogen-bond donors (Lipinski definition) is 1. The molecule has 88 valence electrons. The number of halogens is 1. The Morgan fingerprint density at radius 3 is 2.69 bits per heavy atom. The van der Waals surface area contributed by atoms with Crippen LogP contribution in [0.15, 0.2) is 24.8 Å². The van der Waals surface area contributed by atoms with Crippen LogP contribution in [0.1, 0.15) is 24.2 Å². The van der Waals surface area contributed by atoms with Crippen LogP contribution in [0.3, 0.4) is 0 Å². The van der Waals surface area contributed by atoms with Gasteiger partial charge in [0, 0.05) is 24.8 Å². The van der Waals surface area contributed by atoms with E-state index < -0.39 is 6.10 Å². The first-order chi connectivity index (χ1) is 7.47. The van der Waals surface area contributed by atoms with E-state index in [1.54, 1.807) is 26.0 Å². The van der Waals surface area contributed by atoms with E-state index in [0.717, 1.165) is 5.69 Å². The van der Waals surface area contributed by atoms with Crippen molar-refractivity contribution >= 4 is 5.69 Å². The Balaban J connectivity index is 3.24. The van der Waals surface area contributed by atoms with Gasteiger partial charge in [-0.3, -0.25) is 0 Å². The van der Waals surface area contributed by atoms with Crippen LogP contribution < -0.4 is 4.90 Å². The van der Waals surface area contributed by atoms with E-state index in [0.29, 0.717) is 17.7 Å². The third kappa shape index (κ3) is 2.61. The summed E-state index contributed by atoms with van der Waals surface area (Å²) < 4.78 is 13.4. The molecule has 0 fully saturated rings. The Bertz CT molecular complexity index is 388. The first kappa shape index (κ1) is 12.7. The minimum Gasteiger partial charge on any atom is -0.389 e. The number of hydrogen-bond acceptors (Lipinski definition) is 2. The van der Waals surface area contributed by atoms with Crippen LogP contribution in [0.5, 0.6) is 0 Å².